The highest BCUT2D eigenvalue weighted by atomic mass is 32.2. The van der Waals surface area contributed by atoms with Crippen LogP contribution in [0.25, 0.3) is 0 Å². The highest BCUT2D eigenvalue weighted by Crippen LogP contribution is 2.37. The molecule has 0 spiro atoms. The molecule has 1 aliphatic rings. The lowest BCUT2D eigenvalue weighted by molar-refractivity contribution is 0.188. The molecule has 0 aliphatic carbocycles. The average Bonchev–Trinajstić information content (AvgIpc) is 3.17. The van der Waals surface area contributed by atoms with Crippen LogP contribution >= 0.6 is 0 Å². The SMILES string of the molecule is COc1cccc([C@@H]2C[C@H](O)CN2S(=O)(=O)c2ccco2)c1. The van der Waals surface area contributed by atoms with E-state index < -0.39 is 22.2 Å². The highest BCUT2D eigenvalue weighted by Gasteiger charge is 2.41. The van der Waals surface area contributed by atoms with Crippen LogP contribution < -0.4 is 4.74 Å². The van der Waals surface area contributed by atoms with E-state index in [0.717, 1.165) is 5.56 Å². The Labute approximate surface area is 129 Å². The van der Waals surface area contributed by atoms with E-state index in [2.05, 4.69) is 0 Å². The Morgan fingerprint density at radius 3 is 2.82 bits per heavy atom. The number of ether oxygens (including phenoxy) is 1. The largest absolute Gasteiger partial charge is 0.497 e. The summed E-state index contributed by atoms with van der Waals surface area (Å²) in [6.45, 7) is 0.0465. The molecule has 1 aromatic heterocycles. The molecule has 1 N–H and O–H groups in total. The van der Waals surface area contributed by atoms with Crippen molar-refractivity contribution >= 4 is 10.0 Å². The van der Waals surface area contributed by atoms with E-state index in [1.165, 1.54) is 22.7 Å². The summed E-state index contributed by atoms with van der Waals surface area (Å²) in [7, 11) is -2.22. The van der Waals surface area contributed by atoms with Crippen LogP contribution in [-0.2, 0) is 10.0 Å². The van der Waals surface area contributed by atoms with E-state index in [-0.39, 0.29) is 11.6 Å². The van der Waals surface area contributed by atoms with Crippen molar-refractivity contribution in [3.63, 3.8) is 0 Å². The smallest absolute Gasteiger partial charge is 0.277 e. The van der Waals surface area contributed by atoms with Gasteiger partial charge >= 0.3 is 0 Å². The number of rotatable bonds is 4. The number of sulfonamides is 1. The van der Waals surface area contributed by atoms with Gasteiger partial charge in [0, 0.05) is 6.54 Å². The number of hydrogen-bond donors (Lipinski definition) is 1. The van der Waals surface area contributed by atoms with Gasteiger partial charge in [0.1, 0.15) is 5.75 Å². The van der Waals surface area contributed by atoms with Crippen LogP contribution in [-0.4, -0.2) is 37.6 Å². The first-order chi connectivity index (χ1) is 10.5. The molecule has 1 aliphatic heterocycles. The molecule has 0 saturated carbocycles. The van der Waals surface area contributed by atoms with Crippen molar-refractivity contribution in [1.82, 2.24) is 4.31 Å². The summed E-state index contributed by atoms with van der Waals surface area (Å²) in [4.78, 5) is 0. The van der Waals surface area contributed by atoms with Gasteiger partial charge in [0.25, 0.3) is 10.0 Å². The van der Waals surface area contributed by atoms with Crippen molar-refractivity contribution in [2.45, 2.75) is 23.7 Å². The Morgan fingerprint density at radius 2 is 2.14 bits per heavy atom. The first-order valence-corrected chi connectivity index (χ1v) is 8.34. The standard InChI is InChI=1S/C15H17NO5S/c1-20-13-5-2-4-11(8-13)14-9-12(17)10-16(14)22(18,19)15-6-3-7-21-15/h2-8,12,14,17H,9-10H2,1H3/t12-,14-/m0/s1. The van der Waals surface area contributed by atoms with Gasteiger partial charge in [0.15, 0.2) is 0 Å². The molecule has 2 heterocycles. The zero-order chi connectivity index (χ0) is 15.7. The molecule has 1 fully saturated rings. The fourth-order valence-corrected chi connectivity index (χ4v) is 4.30. The predicted octanol–water partition coefficient (Wildman–Crippen LogP) is 1.78. The monoisotopic (exact) mass is 323 g/mol. The molecular weight excluding hydrogens is 306 g/mol. The number of β-amino-alcohol motifs (C(OH)–C–C–N with tert-alkyl or cyclic N) is 1. The molecule has 118 valence electrons. The Bertz CT molecular complexity index is 741. The quantitative estimate of drug-likeness (QED) is 0.928. The van der Waals surface area contributed by atoms with E-state index in [9.17, 15) is 13.5 Å². The zero-order valence-electron chi connectivity index (χ0n) is 12.0. The van der Waals surface area contributed by atoms with E-state index >= 15 is 0 Å². The number of furan rings is 1. The topological polar surface area (TPSA) is 80.0 Å². The molecule has 2 aromatic rings. The van der Waals surface area contributed by atoms with Crippen LogP contribution in [0.15, 0.2) is 52.2 Å². The van der Waals surface area contributed by atoms with E-state index in [1.54, 1.807) is 25.3 Å². The van der Waals surface area contributed by atoms with Crippen molar-refractivity contribution in [3.05, 3.63) is 48.2 Å². The summed E-state index contributed by atoms with van der Waals surface area (Å²) < 4.78 is 36.8. The number of methoxy groups -OCH3 is 1. The number of benzene rings is 1. The fourth-order valence-electron chi connectivity index (χ4n) is 2.73. The van der Waals surface area contributed by atoms with Gasteiger partial charge in [-0.05, 0) is 36.2 Å². The summed E-state index contributed by atoms with van der Waals surface area (Å²) in [6.07, 6.45) is 0.952. The second-order valence-electron chi connectivity index (χ2n) is 5.19. The molecule has 7 heteroatoms. The van der Waals surface area contributed by atoms with Crippen LogP contribution in [0.1, 0.15) is 18.0 Å². The lowest BCUT2D eigenvalue weighted by Gasteiger charge is -2.23. The molecule has 3 rings (SSSR count). The van der Waals surface area contributed by atoms with Crippen molar-refractivity contribution in [2.24, 2.45) is 0 Å². The zero-order valence-corrected chi connectivity index (χ0v) is 12.9. The molecule has 0 radical (unpaired) electrons. The van der Waals surface area contributed by atoms with Gasteiger partial charge in [-0.3, -0.25) is 0 Å². The van der Waals surface area contributed by atoms with Gasteiger partial charge in [0.05, 0.1) is 25.5 Å². The summed E-state index contributed by atoms with van der Waals surface area (Å²) in [5.74, 6) is 0.647. The maximum absolute atomic E-state index is 12.7. The number of aliphatic hydroxyl groups is 1. The maximum Gasteiger partial charge on any atom is 0.277 e. The minimum absolute atomic E-state index is 0.0465. The number of nitrogens with zero attached hydrogens (tertiary/aromatic N) is 1. The number of hydrogen-bond acceptors (Lipinski definition) is 5. The van der Waals surface area contributed by atoms with Gasteiger partial charge in [-0.1, -0.05) is 12.1 Å². The Kier molecular flexibility index (Phi) is 3.94. The van der Waals surface area contributed by atoms with E-state index in [0.29, 0.717) is 12.2 Å². The summed E-state index contributed by atoms with van der Waals surface area (Å²) in [5.41, 5.74) is 0.783. The molecule has 6 nitrogen and oxygen atoms in total. The third-order valence-corrected chi connectivity index (χ3v) is 5.53. The second kappa shape index (κ2) is 5.75. The minimum atomic E-state index is -3.78. The Hall–Kier alpha value is -1.83. The molecule has 0 amide bonds. The molecule has 2 atom stereocenters. The highest BCUT2D eigenvalue weighted by molar-refractivity contribution is 7.89. The molecule has 1 aromatic carbocycles. The first-order valence-electron chi connectivity index (χ1n) is 6.89. The van der Waals surface area contributed by atoms with Gasteiger partial charge in [0.2, 0.25) is 5.09 Å². The summed E-state index contributed by atoms with van der Waals surface area (Å²) in [6, 6.07) is 9.70. The van der Waals surface area contributed by atoms with Crippen LogP contribution in [0.3, 0.4) is 0 Å². The van der Waals surface area contributed by atoms with Crippen LogP contribution in [0.2, 0.25) is 0 Å². The number of aliphatic hydroxyl groups excluding tert-OH is 1. The van der Waals surface area contributed by atoms with E-state index in [1.807, 2.05) is 6.07 Å². The Balaban J connectivity index is 1.99. The first kappa shape index (κ1) is 15.1. The molecule has 1 saturated heterocycles. The molecule has 0 bridgehead atoms. The van der Waals surface area contributed by atoms with Crippen molar-refractivity contribution in [2.75, 3.05) is 13.7 Å². The van der Waals surface area contributed by atoms with Crippen molar-refractivity contribution in [3.8, 4) is 5.75 Å². The van der Waals surface area contributed by atoms with Crippen LogP contribution in [0.5, 0.6) is 5.75 Å². The lowest BCUT2D eigenvalue weighted by Crippen LogP contribution is -2.31. The third-order valence-electron chi connectivity index (χ3n) is 3.77. The maximum atomic E-state index is 12.7. The lowest BCUT2D eigenvalue weighted by atomic mass is 10.0. The van der Waals surface area contributed by atoms with Gasteiger partial charge in [-0.15, -0.1) is 0 Å². The van der Waals surface area contributed by atoms with Gasteiger partial charge in [-0.25, -0.2) is 8.42 Å². The van der Waals surface area contributed by atoms with Crippen molar-refractivity contribution in [1.29, 1.82) is 0 Å². The summed E-state index contributed by atoms with van der Waals surface area (Å²) in [5, 5.41) is 9.83. The van der Waals surface area contributed by atoms with Crippen molar-refractivity contribution < 1.29 is 22.7 Å². The predicted molar refractivity (Wildman–Crippen MR) is 79.0 cm³/mol. The summed E-state index contributed by atoms with van der Waals surface area (Å²) >= 11 is 0. The second-order valence-corrected chi connectivity index (χ2v) is 7.01. The van der Waals surface area contributed by atoms with Crippen LogP contribution in [0.4, 0.5) is 0 Å². The third kappa shape index (κ3) is 2.63. The molecule has 22 heavy (non-hydrogen) atoms. The Morgan fingerprint density at radius 1 is 1.32 bits per heavy atom. The van der Waals surface area contributed by atoms with Gasteiger partial charge < -0.3 is 14.3 Å². The average molecular weight is 323 g/mol. The minimum Gasteiger partial charge on any atom is -0.497 e. The van der Waals surface area contributed by atoms with Gasteiger partial charge in [-0.2, -0.15) is 4.31 Å². The fraction of sp³-hybridized carbons (Fsp3) is 0.333. The van der Waals surface area contributed by atoms with E-state index in [4.69, 9.17) is 9.15 Å². The van der Waals surface area contributed by atoms with Crippen LogP contribution in [0, 0.1) is 0 Å². The normalized spacial score (nSPS) is 22.8. The molecule has 0 unspecified atom stereocenters. The molecular formula is C15H17NO5S.